The van der Waals surface area contributed by atoms with E-state index in [9.17, 15) is 9.59 Å². The lowest BCUT2D eigenvalue weighted by molar-refractivity contribution is -0.151. The number of aryl methyl sites for hydroxylation is 1. The summed E-state index contributed by atoms with van der Waals surface area (Å²) in [5, 5.41) is 3.94. The molecule has 7 nitrogen and oxygen atoms in total. The van der Waals surface area contributed by atoms with Gasteiger partial charge in [-0.15, -0.1) is 0 Å². The minimum Gasteiger partial charge on any atom is -0.456 e. The highest BCUT2D eigenvalue weighted by atomic mass is 16.5. The fourth-order valence-corrected chi connectivity index (χ4v) is 2.05. The average Bonchev–Trinajstić information content (AvgIpc) is 2.99. The minimum atomic E-state index is -0.407. The van der Waals surface area contributed by atoms with Gasteiger partial charge >= 0.3 is 5.97 Å². The lowest BCUT2D eigenvalue weighted by Crippen LogP contribution is -2.35. The molecule has 0 saturated heterocycles. The van der Waals surface area contributed by atoms with E-state index in [4.69, 9.17) is 9.26 Å². The monoisotopic (exact) mass is 351 g/mol. The van der Waals surface area contributed by atoms with Crippen LogP contribution in [0.25, 0.3) is 0 Å². The SMILES string of the molecule is C=C(C)CN(CC)C(=O)COC(=O)CCCc1nc(C(C)(C)C)no1. The molecule has 1 aromatic rings. The molecule has 7 heteroatoms. The summed E-state index contributed by atoms with van der Waals surface area (Å²) in [7, 11) is 0. The lowest BCUT2D eigenvalue weighted by atomic mass is 9.96. The first kappa shape index (κ1) is 20.9. The standard InChI is InChI=1S/C18H29N3O4/c1-7-21(11-13(2)3)15(22)12-24-16(23)10-8-9-14-19-17(20-25-14)18(4,5)6/h2,7-12H2,1,3-6H3. The molecule has 1 amide bonds. The van der Waals surface area contributed by atoms with E-state index in [2.05, 4.69) is 16.7 Å². The van der Waals surface area contributed by atoms with E-state index >= 15 is 0 Å². The molecule has 0 aliphatic heterocycles. The molecule has 1 aromatic heterocycles. The van der Waals surface area contributed by atoms with Crippen LogP contribution >= 0.6 is 0 Å². The summed E-state index contributed by atoms with van der Waals surface area (Å²) in [6, 6.07) is 0. The van der Waals surface area contributed by atoms with Crippen molar-refractivity contribution in [1.82, 2.24) is 15.0 Å². The molecular weight excluding hydrogens is 322 g/mol. The zero-order valence-electron chi connectivity index (χ0n) is 15.9. The second-order valence-corrected chi connectivity index (χ2v) is 7.14. The van der Waals surface area contributed by atoms with E-state index in [1.165, 1.54) is 0 Å². The van der Waals surface area contributed by atoms with Crippen LogP contribution in [-0.2, 0) is 26.2 Å². The number of ether oxygens (including phenoxy) is 1. The van der Waals surface area contributed by atoms with Gasteiger partial charge in [0.05, 0.1) is 0 Å². The molecule has 140 valence electrons. The lowest BCUT2D eigenvalue weighted by Gasteiger charge is -2.20. The Labute approximate surface area is 149 Å². The summed E-state index contributed by atoms with van der Waals surface area (Å²) < 4.78 is 10.2. The second kappa shape index (κ2) is 9.34. The summed E-state index contributed by atoms with van der Waals surface area (Å²) in [5.41, 5.74) is 0.714. The predicted octanol–water partition coefficient (Wildman–Crippen LogP) is 2.66. The normalized spacial score (nSPS) is 11.2. The molecule has 0 atom stereocenters. The maximum atomic E-state index is 12.0. The Hall–Kier alpha value is -2.18. The molecule has 0 saturated carbocycles. The largest absolute Gasteiger partial charge is 0.456 e. The number of likely N-dealkylation sites (N-methyl/N-ethyl adjacent to an activating group) is 1. The topological polar surface area (TPSA) is 85.5 Å². The van der Waals surface area contributed by atoms with Crippen LogP contribution in [0.5, 0.6) is 0 Å². The molecule has 1 heterocycles. The van der Waals surface area contributed by atoms with Crippen molar-refractivity contribution in [2.24, 2.45) is 0 Å². The number of nitrogens with zero attached hydrogens (tertiary/aromatic N) is 3. The van der Waals surface area contributed by atoms with Gasteiger partial charge in [-0.05, 0) is 20.3 Å². The maximum absolute atomic E-state index is 12.0. The Morgan fingerprint density at radius 3 is 2.52 bits per heavy atom. The molecular formula is C18H29N3O4. The molecule has 0 radical (unpaired) electrons. The van der Waals surface area contributed by atoms with Gasteiger partial charge in [0, 0.05) is 31.3 Å². The molecule has 0 aliphatic carbocycles. The fraction of sp³-hybridized carbons (Fsp3) is 0.667. The van der Waals surface area contributed by atoms with Crippen molar-refractivity contribution in [3.63, 3.8) is 0 Å². The highest BCUT2D eigenvalue weighted by molar-refractivity contribution is 5.80. The van der Waals surface area contributed by atoms with Crippen LogP contribution in [0.3, 0.4) is 0 Å². The third-order valence-electron chi connectivity index (χ3n) is 3.46. The zero-order valence-corrected chi connectivity index (χ0v) is 15.9. The van der Waals surface area contributed by atoms with Gasteiger partial charge in [0.2, 0.25) is 5.89 Å². The van der Waals surface area contributed by atoms with Gasteiger partial charge in [-0.1, -0.05) is 38.1 Å². The molecule has 0 aliphatic rings. The van der Waals surface area contributed by atoms with Crippen molar-refractivity contribution in [2.75, 3.05) is 19.7 Å². The van der Waals surface area contributed by atoms with E-state index in [-0.39, 0.29) is 24.3 Å². The van der Waals surface area contributed by atoms with Gasteiger partial charge < -0.3 is 14.2 Å². The highest BCUT2D eigenvalue weighted by Gasteiger charge is 2.21. The molecule has 0 unspecified atom stereocenters. The van der Waals surface area contributed by atoms with E-state index in [0.29, 0.717) is 37.6 Å². The van der Waals surface area contributed by atoms with Crippen molar-refractivity contribution in [3.8, 4) is 0 Å². The third kappa shape index (κ3) is 7.49. The molecule has 0 aromatic carbocycles. The van der Waals surface area contributed by atoms with Gasteiger partial charge in [-0.2, -0.15) is 4.98 Å². The number of amides is 1. The molecule has 0 N–H and O–H groups in total. The van der Waals surface area contributed by atoms with E-state index in [1.54, 1.807) is 4.90 Å². The van der Waals surface area contributed by atoms with Crippen molar-refractivity contribution in [1.29, 1.82) is 0 Å². The summed E-state index contributed by atoms with van der Waals surface area (Å²) >= 11 is 0. The molecule has 25 heavy (non-hydrogen) atoms. The third-order valence-corrected chi connectivity index (χ3v) is 3.46. The number of hydrogen-bond donors (Lipinski definition) is 0. The Bertz CT molecular complexity index is 602. The average molecular weight is 351 g/mol. The number of esters is 1. The zero-order chi connectivity index (χ0) is 19.0. The van der Waals surface area contributed by atoms with Crippen LogP contribution in [0.2, 0.25) is 0 Å². The van der Waals surface area contributed by atoms with Gasteiger partial charge in [0.25, 0.3) is 5.91 Å². The first-order chi connectivity index (χ1) is 11.6. The summed E-state index contributed by atoms with van der Waals surface area (Å²) in [6.07, 6.45) is 1.23. The van der Waals surface area contributed by atoms with Crippen LogP contribution in [0.4, 0.5) is 0 Å². The van der Waals surface area contributed by atoms with Crippen LogP contribution in [0.1, 0.15) is 59.2 Å². The first-order valence-corrected chi connectivity index (χ1v) is 8.54. The quantitative estimate of drug-likeness (QED) is 0.502. The van der Waals surface area contributed by atoms with Gasteiger partial charge in [0.15, 0.2) is 12.4 Å². The fourth-order valence-electron chi connectivity index (χ4n) is 2.05. The van der Waals surface area contributed by atoms with Gasteiger partial charge in [-0.25, -0.2) is 0 Å². The summed E-state index contributed by atoms with van der Waals surface area (Å²) in [6.45, 7) is 14.3. The second-order valence-electron chi connectivity index (χ2n) is 7.14. The Kier molecular flexibility index (Phi) is 7.80. The van der Waals surface area contributed by atoms with Gasteiger partial charge in [0.1, 0.15) is 0 Å². The van der Waals surface area contributed by atoms with Crippen molar-refractivity contribution in [3.05, 3.63) is 23.9 Å². The first-order valence-electron chi connectivity index (χ1n) is 8.54. The predicted molar refractivity (Wildman–Crippen MR) is 94.0 cm³/mol. The summed E-state index contributed by atoms with van der Waals surface area (Å²) in [5.74, 6) is 0.529. The van der Waals surface area contributed by atoms with Crippen LogP contribution in [-0.4, -0.2) is 46.6 Å². The summed E-state index contributed by atoms with van der Waals surface area (Å²) in [4.78, 5) is 29.7. The Morgan fingerprint density at radius 1 is 1.32 bits per heavy atom. The van der Waals surface area contributed by atoms with Crippen molar-refractivity contribution < 1.29 is 18.8 Å². The van der Waals surface area contributed by atoms with Crippen molar-refractivity contribution >= 4 is 11.9 Å². The minimum absolute atomic E-state index is 0.171. The highest BCUT2D eigenvalue weighted by Crippen LogP contribution is 2.18. The number of hydrogen-bond acceptors (Lipinski definition) is 6. The van der Waals surface area contributed by atoms with Gasteiger partial charge in [-0.3, -0.25) is 9.59 Å². The van der Waals surface area contributed by atoms with E-state index < -0.39 is 5.97 Å². The molecule has 0 bridgehead atoms. The number of carbonyl (C=O) groups is 2. The molecule has 0 fully saturated rings. The van der Waals surface area contributed by atoms with E-state index in [1.807, 2.05) is 34.6 Å². The smallest absolute Gasteiger partial charge is 0.306 e. The molecule has 0 spiro atoms. The number of rotatable bonds is 9. The Balaban J connectivity index is 2.32. The maximum Gasteiger partial charge on any atom is 0.306 e. The van der Waals surface area contributed by atoms with E-state index in [0.717, 1.165) is 5.57 Å². The van der Waals surface area contributed by atoms with Crippen LogP contribution < -0.4 is 0 Å². The Morgan fingerprint density at radius 2 is 2.00 bits per heavy atom. The van der Waals surface area contributed by atoms with Crippen LogP contribution in [0, 0.1) is 0 Å². The molecule has 1 rings (SSSR count). The number of aromatic nitrogens is 2. The van der Waals surface area contributed by atoms with Crippen LogP contribution in [0.15, 0.2) is 16.7 Å². The van der Waals surface area contributed by atoms with Crippen molar-refractivity contribution in [2.45, 2.75) is 59.3 Å². The number of carbonyl (C=O) groups excluding carboxylic acids is 2.